The predicted molar refractivity (Wildman–Crippen MR) is 115 cm³/mol. The highest BCUT2D eigenvalue weighted by Gasteiger charge is 2.56. The van der Waals surface area contributed by atoms with Crippen molar-refractivity contribution < 1.29 is 14.3 Å². The summed E-state index contributed by atoms with van der Waals surface area (Å²) in [6.45, 7) is -0.0998. The van der Waals surface area contributed by atoms with Crippen LogP contribution in [0.4, 0.5) is 5.13 Å². The second kappa shape index (κ2) is 8.02. The number of thiazole rings is 1. The van der Waals surface area contributed by atoms with Crippen molar-refractivity contribution in [2.45, 2.75) is 44.6 Å². The van der Waals surface area contributed by atoms with Gasteiger partial charge in [0.15, 0.2) is 11.7 Å². The molecule has 1 atom stereocenters. The van der Waals surface area contributed by atoms with Crippen LogP contribution in [0.2, 0.25) is 0 Å². The zero-order valence-corrected chi connectivity index (χ0v) is 17.7. The van der Waals surface area contributed by atoms with E-state index < -0.39 is 6.04 Å². The van der Waals surface area contributed by atoms with Crippen LogP contribution < -0.4 is 15.4 Å². The minimum Gasteiger partial charge on any atom is -0.484 e. The summed E-state index contributed by atoms with van der Waals surface area (Å²) in [5.41, 5.74) is -0.154. The highest BCUT2D eigenvalue weighted by Crippen LogP contribution is 2.61. The molecule has 0 saturated heterocycles. The maximum Gasteiger partial charge on any atom is 0.258 e. The van der Waals surface area contributed by atoms with E-state index in [1.807, 2.05) is 35.7 Å². The Labute approximate surface area is 180 Å². The number of anilines is 1. The highest BCUT2D eigenvalue weighted by atomic mass is 32.1. The SMILES string of the molecule is O=C(COc1ccccc1)NC(C(=O)Nc1nccs1)C12CC3CC(CC(C3)C1)C2. The van der Waals surface area contributed by atoms with Crippen molar-refractivity contribution in [1.82, 2.24) is 10.3 Å². The average molecular weight is 426 g/mol. The number of benzene rings is 1. The third-order valence-corrected chi connectivity index (χ3v) is 7.73. The molecule has 4 aliphatic rings. The Morgan fingerprint density at radius 1 is 1.10 bits per heavy atom. The summed E-state index contributed by atoms with van der Waals surface area (Å²) in [4.78, 5) is 30.3. The molecule has 6 rings (SSSR count). The molecule has 1 aromatic carbocycles. The largest absolute Gasteiger partial charge is 0.484 e. The van der Waals surface area contributed by atoms with Gasteiger partial charge in [-0.1, -0.05) is 18.2 Å². The molecular formula is C23H27N3O3S. The summed E-state index contributed by atoms with van der Waals surface area (Å²) in [5.74, 6) is 2.29. The van der Waals surface area contributed by atoms with Crippen molar-refractivity contribution in [2.24, 2.45) is 23.2 Å². The lowest BCUT2D eigenvalue weighted by Gasteiger charge is -2.58. The molecule has 4 aliphatic carbocycles. The van der Waals surface area contributed by atoms with Crippen LogP contribution >= 0.6 is 11.3 Å². The Balaban J connectivity index is 1.33. The maximum atomic E-state index is 13.3. The molecule has 1 aromatic heterocycles. The fraction of sp³-hybridized carbons (Fsp3) is 0.522. The first-order valence-electron chi connectivity index (χ1n) is 10.8. The van der Waals surface area contributed by atoms with Crippen molar-refractivity contribution in [3.05, 3.63) is 41.9 Å². The number of carbonyl (C=O) groups excluding carboxylic acids is 2. The van der Waals surface area contributed by atoms with Crippen molar-refractivity contribution in [3.8, 4) is 5.75 Å². The van der Waals surface area contributed by atoms with E-state index in [0.717, 1.165) is 19.3 Å². The fourth-order valence-electron chi connectivity index (χ4n) is 6.36. The molecule has 158 valence electrons. The molecular weight excluding hydrogens is 398 g/mol. The van der Waals surface area contributed by atoms with E-state index in [4.69, 9.17) is 4.74 Å². The van der Waals surface area contributed by atoms with E-state index in [1.165, 1.54) is 30.6 Å². The highest BCUT2D eigenvalue weighted by molar-refractivity contribution is 7.13. The normalized spacial score (nSPS) is 29.9. The monoisotopic (exact) mass is 425 g/mol. The van der Waals surface area contributed by atoms with E-state index in [-0.39, 0.29) is 23.8 Å². The number of nitrogens with one attached hydrogen (secondary N) is 2. The van der Waals surface area contributed by atoms with Crippen LogP contribution in [-0.4, -0.2) is 29.4 Å². The van der Waals surface area contributed by atoms with Crippen molar-refractivity contribution in [3.63, 3.8) is 0 Å². The zero-order chi connectivity index (χ0) is 20.6. The van der Waals surface area contributed by atoms with Crippen LogP contribution in [0.15, 0.2) is 41.9 Å². The van der Waals surface area contributed by atoms with Gasteiger partial charge in [0, 0.05) is 17.0 Å². The molecule has 4 saturated carbocycles. The van der Waals surface area contributed by atoms with Crippen LogP contribution in [-0.2, 0) is 9.59 Å². The number of ether oxygens (including phenoxy) is 1. The van der Waals surface area contributed by atoms with Gasteiger partial charge in [-0.2, -0.15) is 0 Å². The van der Waals surface area contributed by atoms with Crippen LogP contribution in [0.3, 0.4) is 0 Å². The lowest BCUT2D eigenvalue weighted by atomic mass is 9.47. The molecule has 30 heavy (non-hydrogen) atoms. The molecule has 4 bridgehead atoms. The molecule has 0 aliphatic heterocycles. The van der Waals surface area contributed by atoms with Gasteiger partial charge in [-0.3, -0.25) is 9.59 Å². The molecule has 4 fully saturated rings. The number of rotatable bonds is 7. The first-order valence-corrected chi connectivity index (χ1v) is 11.7. The Morgan fingerprint density at radius 3 is 2.37 bits per heavy atom. The molecule has 7 heteroatoms. The molecule has 1 heterocycles. The van der Waals surface area contributed by atoms with Crippen LogP contribution in [0, 0.1) is 23.2 Å². The van der Waals surface area contributed by atoms with Crippen molar-refractivity contribution in [2.75, 3.05) is 11.9 Å². The van der Waals surface area contributed by atoms with Gasteiger partial charge in [0.25, 0.3) is 5.91 Å². The Kier molecular flexibility index (Phi) is 5.23. The van der Waals surface area contributed by atoms with E-state index >= 15 is 0 Å². The number of hydrogen-bond donors (Lipinski definition) is 2. The second-order valence-electron chi connectivity index (χ2n) is 9.21. The first-order chi connectivity index (χ1) is 14.6. The molecule has 0 spiro atoms. The molecule has 6 nitrogen and oxygen atoms in total. The number of para-hydroxylation sites is 1. The number of carbonyl (C=O) groups is 2. The number of aromatic nitrogens is 1. The molecule has 0 radical (unpaired) electrons. The van der Waals surface area contributed by atoms with Crippen LogP contribution in [0.1, 0.15) is 38.5 Å². The quantitative estimate of drug-likeness (QED) is 0.706. The number of nitrogens with zero attached hydrogens (tertiary/aromatic N) is 1. The maximum absolute atomic E-state index is 13.3. The summed E-state index contributed by atoms with van der Waals surface area (Å²) in [6, 6.07) is 8.72. The molecule has 2 N–H and O–H groups in total. The number of amides is 2. The van der Waals surface area contributed by atoms with Gasteiger partial charge in [-0.05, 0) is 68.4 Å². The first kappa shape index (κ1) is 19.5. The topological polar surface area (TPSA) is 80.3 Å². The van der Waals surface area contributed by atoms with Gasteiger partial charge in [-0.25, -0.2) is 4.98 Å². The fourth-order valence-corrected chi connectivity index (χ4v) is 6.89. The summed E-state index contributed by atoms with van der Waals surface area (Å²) >= 11 is 1.39. The number of hydrogen-bond acceptors (Lipinski definition) is 5. The van der Waals surface area contributed by atoms with Gasteiger partial charge in [-0.15, -0.1) is 11.3 Å². The Morgan fingerprint density at radius 2 is 1.77 bits per heavy atom. The summed E-state index contributed by atoms with van der Waals surface area (Å²) in [7, 11) is 0. The average Bonchev–Trinajstić information content (AvgIpc) is 3.23. The van der Waals surface area contributed by atoms with Gasteiger partial charge < -0.3 is 15.4 Å². The molecule has 2 aromatic rings. The zero-order valence-electron chi connectivity index (χ0n) is 16.9. The third kappa shape index (κ3) is 3.95. The van der Waals surface area contributed by atoms with Crippen LogP contribution in [0.5, 0.6) is 5.75 Å². The van der Waals surface area contributed by atoms with Crippen molar-refractivity contribution >= 4 is 28.3 Å². The minimum absolute atomic E-state index is 0.0998. The summed E-state index contributed by atoms with van der Waals surface area (Å²) in [5, 5.41) is 8.41. The standard InChI is InChI=1S/C23H27N3O3S/c27-19(14-29-18-4-2-1-3-5-18)25-20(21(28)26-22-24-6-7-30-22)23-11-15-8-16(12-23)10-17(9-15)13-23/h1-7,15-17,20H,8-14H2,(H,25,27)(H,24,26,28). The second-order valence-corrected chi connectivity index (χ2v) is 10.1. The molecule has 2 amide bonds. The van der Waals surface area contributed by atoms with Gasteiger partial charge in [0.1, 0.15) is 11.8 Å². The third-order valence-electron chi connectivity index (χ3n) is 7.04. The smallest absolute Gasteiger partial charge is 0.258 e. The molecule has 1 unspecified atom stereocenters. The van der Waals surface area contributed by atoms with Crippen molar-refractivity contribution in [1.29, 1.82) is 0 Å². The van der Waals surface area contributed by atoms with E-state index in [2.05, 4.69) is 15.6 Å². The summed E-state index contributed by atoms with van der Waals surface area (Å²) < 4.78 is 5.62. The van der Waals surface area contributed by atoms with Crippen LogP contribution in [0.25, 0.3) is 0 Å². The van der Waals surface area contributed by atoms with E-state index in [9.17, 15) is 9.59 Å². The Hall–Kier alpha value is -2.41. The van der Waals surface area contributed by atoms with Gasteiger partial charge in [0.05, 0.1) is 0 Å². The van der Waals surface area contributed by atoms with Gasteiger partial charge in [0.2, 0.25) is 5.91 Å². The van der Waals surface area contributed by atoms with E-state index in [1.54, 1.807) is 6.20 Å². The Bertz CT molecular complexity index is 864. The lowest BCUT2D eigenvalue weighted by molar-refractivity contribution is -0.138. The van der Waals surface area contributed by atoms with E-state index in [0.29, 0.717) is 28.6 Å². The predicted octanol–water partition coefficient (Wildman–Crippen LogP) is 3.86. The summed E-state index contributed by atoms with van der Waals surface area (Å²) in [6.07, 6.45) is 8.59. The lowest BCUT2D eigenvalue weighted by Crippen LogP contribution is -2.61. The minimum atomic E-state index is -0.554. The van der Waals surface area contributed by atoms with Gasteiger partial charge >= 0.3 is 0 Å².